The van der Waals surface area contributed by atoms with Crippen LogP contribution in [0.4, 0.5) is 0 Å². The number of carbonyl (C=O) groups excluding carboxylic acids is 1. The van der Waals surface area contributed by atoms with E-state index in [-0.39, 0.29) is 36.3 Å². The number of rotatable bonds is 7. The molecule has 4 nitrogen and oxygen atoms in total. The summed E-state index contributed by atoms with van der Waals surface area (Å²) in [5.74, 6) is -0.157. The van der Waals surface area contributed by atoms with Gasteiger partial charge in [0, 0.05) is 18.9 Å². The van der Waals surface area contributed by atoms with Crippen LogP contribution in [0, 0.1) is 11.8 Å². The molecule has 0 aliphatic rings. The lowest BCUT2D eigenvalue weighted by atomic mass is 9.90. The lowest BCUT2D eigenvalue weighted by Crippen LogP contribution is -2.30. The summed E-state index contributed by atoms with van der Waals surface area (Å²) in [6.45, 7) is 7.39. The van der Waals surface area contributed by atoms with E-state index in [4.69, 9.17) is 5.73 Å². The smallest absolute Gasteiger partial charge is 0.153 e. The van der Waals surface area contributed by atoms with Crippen molar-refractivity contribution in [1.29, 1.82) is 0 Å². The number of ketones is 1. The summed E-state index contributed by atoms with van der Waals surface area (Å²) in [4.78, 5) is 11.7. The third-order valence-corrected chi connectivity index (χ3v) is 5.03. The molecule has 1 unspecified atom stereocenters. The van der Waals surface area contributed by atoms with Crippen molar-refractivity contribution in [2.75, 3.05) is 12.3 Å². The quantitative estimate of drug-likeness (QED) is 0.730. The molecule has 0 aromatic rings. The van der Waals surface area contributed by atoms with E-state index in [1.807, 2.05) is 13.8 Å². The second kappa shape index (κ2) is 6.35. The second-order valence-electron chi connectivity index (χ2n) is 4.72. The normalized spacial score (nSPS) is 14.4. The van der Waals surface area contributed by atoms with E-state index in [1.165, 1.54) is 0 Å². The second-order valence-corrected chi connectivity index (χ2v) is 7.40. The van der Waals surface area contributed by atoms with Gasteiger partial charge in [0.1, 0.15) is 5.78 Å². The molecular formula is C11H23NO3S. The molecule has 0 aliphatic carbocycles. The van der Waals surface area contributed by atoms with Gasteiger partial charge in [-0.15, -0.1) is 0 Å². The highest BCUT2D eigenvalue weighted by atomic mass is 32.2. The third kappa shape index (κ3) is 4.61. The molecule has 0 aliphatic heterocycles. The Kier molecular flexibility index (Phi) is 6.18. The maximum absolute atomic E-state index is 11.7. The van der Waals surface area contributed by atoms with Gasteiger partial charge in [-0.3, -0.25) is 4.79 Å². The summed E-state index contributed by atoms with van der Waals surface area (Å²) >= 11 is 0. The van der Waals surface area contributed by atoms with Crippen molar-refractivity contribution in [3.05, 3.63) is 0 Å². The van der Waals surface area contributed by atoms with Crippen LogP contribution in [0.2, 0.25) is 0 Å². The molecule has 0 spiro atoms. The summed E-state index contributed by atoms with van der Waals surface area (Å²) in [5, 5.41) is -0.421. The predicted molar refractivity (Wildman–Crippen MR) is 65.9 cm³/mol. The highest BCUT2D eigenvalue weighted by molar-refractivity contribution is 7.91. The van der Waals surface area contributed by atoms with Crippen molar-refractivity contribution in [2.45, 2.75) is 39.4 Å². The van der Waals surface area contributed by atoms with Crippen molar-refractivity contribution < 1.29 is 13.2 Å². The van der Waals surface area contributed by atoms with Crippen molar-refractivity contribution in [2.24, 2.45) is 17.6 Å². The molecule has 0 amide bonds. The van der Waals surface area contributed by atoms with Gasteiger partial charge in [0.05, 0.1) is 11.0 Å². The minimum Gasteiger partial charge on any atom is -0.330 e. The molecule has 0 aromatic carbocycles. The largest absolute Gasteiger partial charge is 0.330 e. The van der Waals surface area contributed by atoms with Crippen LogP contribution in [0.25, 0.3) is 0 Å². The van der Waals surface area contributed by atoms with Crippen molar-refractivity contribution >= 4 is 15.6 Å². The molecule has 0 radical (unpaired) electrons. The molecule has 0 saturated carbocycles. The standard InChI is InChI=1S/C11H23NO3S/c1-8(2)10(7-12)11(13)5-6-16(14,15)9(3)4/h8-10H,5-7,12H2,1-4H3. The lowest BCUT2D eigenvalue weighted by Gasteiger charge is -2.17. The van der Waals surface area contributed by atoms with Crippen LogP contribution in [0.15, 0.2) is 0 Å². The number of sulfone groups is 1. The summed E-state index contributed by atoms with van der Waals surface area (Å²) in [6, 6.07) is 0. The molecule has 96 valence electrons. The minimum absolute atomic E-state index is 0.0401. The third-order valence-electron chi connectivity index (χ3n) is 2.82. The average molecular weight is 249 g/mol. The summed E-state index contributed by atoms with van der Waals surface area (Å²) < 4.78 is 23.1. The highest BCUT2D eigenvalue weighted by Gasteiger charge is 2.23. The fourth-order valence-corrected chi connectivity index (χ4v) is 2.40. The van der Waals surface area contributed by atoms with E-state index < -0.39 is 15.1 Å². The van der Waals surface area contributed by atoms with Gasteiger partial charge in [0.15, 0.2) is 9.84 Å². The summed E-state index contributed by atoms with van der Waals surface area (Å²) in [5.41, 5.74) is 5.50. The summed E-state index contributed by atoms with van der Waals surface area (Å²) in [7, 11) is -3.12. The monoisotopic (exact) mass is 249 g/mol. The maximum atomic E-state index is 11.7. The maximum Gasteiger partial charge on any atom is 0.153 e. The van der Waals surface area contributed by atoms with Gasteiger partial charge < -0.3 is 5.73 Å². The molecule has 0 rings (SSSR count). The van der Waals surface area contributed by atoms with Crippen LogP contribution in [-0.2, 0) is 14.6 Å². The van der Waals surface area contributed by atoms with Gasteiger partial charge in [0.25, 0.3) is 0 Å². The van der Waals surface area contributed by atoms with Crippen LogP contribution in [0.3, 0.4) is 0 Å². The summed E-state index contributed by atoms with van der Waals surface area (Å²) in [6.07, 6.45) is 0.0839. The van der Waals surface area contributed by atoms with Crippen LogP contribution in [-0.4, -0.2) is 31.7 Å². The van der Waals surface area contributed by atoms with Gasteiger partial charge in [-0.25, -0.2) is 8.42 Å². The average Bonchev–Trinajstić information content (AvgIpc) is 2.15. The first-order chi connectivity index (χ1) is 7.22. The Morgan fingerprint density at radius 3 is 2.00 bits per heavy atom. The number of hydrogen-bond acceptors (Lipinski definition) is 4. The zero-order valence-corrected chi connectivity index (χ0v) is 11.4. The van der Waals surface area contributed by atoms with E-state index in [0.717, 1.165) is 0 Å². The first kappa shape index (κ1) is 15.6. The Morgan fingerprint density at radius 1 is 1.19 bits per heavy atom. The van der Waals surface area contributed by atoms with Crippen LogP contribution in [0.1, 0.15) is 34.1 Å². The Labute approximate surface area is 98.5 Å². The minimum atomic E-state index is -3.12. The molecule has 16 heavy (non-hydrogen) atoms. The van der Waals surface area contributed by atoms with Crippen LogP contribution >= 0.6 is 0 Å². The molecule has 2 N–H and O–H groups in total. The Balaban J connectivity index is 4.38. The highest BCUT2D eigenvalue weighted by Crippen LogP contribution is 2.14. The van der Waals surface area contributed by atoms with E-state index in [2.05, 4.69) is 0 Å². The molecule has 1 atom stereocenters. The van der Waals surface area contributed by atoms with Crippen LogP contribution < -0.4 is 5.73 Å². The lowest BCUT2D eigenvalue weighted by molar-refractivity contribution is -0.123. The van der Waals surface area contributed by atoms with E-state index in [0.29, 0.717) is 0 Å². The number of nitrogens with two attached hydrogens (primary N) is 1. The van der Waals surface area contributed by atoms with Crippen molar-refractivity contribution in [3.8, 4) is 0 Å². The van der Waals surface area contributed by atoms with E-state index in [1.54, 1.807) is 13.8 Å². The Hall–Kier alpha value is -0.420. The SMILES string of the molecule is CC(C)C(CN)C(=O)CCS(=O)(=O)C(C)C. The van der Waals surface area contributed by atoms with Crippen molar-refractivity contribution in [1.82, 2.24) is 0 Å². The fourth-order valence-electron chi connectivity index (χ4n) is 1.44. The molecule has 0 fully saturated rings. The van der Waals surface area contributed by atoms with Crippen LogP contribution in [0.5, 0.6) is 0 Å². The number of Topliss-reactive ketones (excluding diaryl/α,β-unsaturated/α-hetero) is 1. The predicted octanol–water partition coefficient (Wildman–Crippen LogP) is 1.000. The van der Waals surface area contributed by atoms with Gasteiger partial charge in [0.2, 0.25) is 0 Å². The molecule has 0 saturated heterocycles. The van der Waals surface area contributed by atoms with Crippen molar-refractivity contribution in [3.63, 3.8) is 0 Å². The van der Waals surface area contributed by atoms with Gasteiger partial charge in [-0.2, -0.15) is 0 Å². The Morgan fingerprint density at radius 2 is 1.69 bits per heavy atom. The van der Waals surface area contributed by atoms with Gasteiger partial charge in [-0.05, 0) is 19.8 Å². The fraction of sp³-hybridized carbons (Fsp3) is 0.909. The molecular weight excluding hydrogens is 226 g/mol. The number of carbonyl (C=O) groups is 1. The first-order valence-corrected chi connectivity index (χ1v) is 7.38. The zero-order chi connectivity index (χ0) is 12.9. The van der Waals surface area contributed by atoms with E-state index in [9.17, 15) is 13.2 Å². The van der Waals surface area contributed by atoms with E-state index >= 15 is 0 Å². The molecule has 5 heteroatoms. The zero-order valence-electron chi connectivity index (χ0n) is 10.6. The Bertz CT molecular complexity index is 320. The first-order valence-electron chi connectivity index (χ1n) is 5.66. The van der Waals surface area contributed by atoms with Gasteiger partial charge in [-0.1, -0.05) is 13.8 Å². The number of hydrogen-bond donors (Lipinski definition) is 1. The molecule has 0 bridgehead atoms. The molecule has 0 heterocycles. The molecule has 0 aromatic heterocycles. The topological polar surface area (TPSA) is 77.2 Å². The van der Waals surface area contributed by atoms with Gasteiger partial charge >= 0.3 is 0 Å².